The highest BCUT2D eigenvalue weighted by Gasteiger charge is 2.45. The second-order valence-corrected chi connectivity index (χ2v) is 10.5. The van der Waals surface area contributed by atoms with Crippen LogP contribution in [0, 0.1) is 23.7 Å². The highest BCUT2D eigenvalue weighted by atomic mass is 16.6. The van der Waals surface area contributed by atoms with Crippen LogP contribution in [-0.2, 0) is 31.9 Å². The van der Waals surface area contributed by atoms with Crippen LogP contribution in [0.1, 0.15) is 75.8 Å². The Morgan fingerprint density at radius 1 is 1.15 bits per heavy atom. The average Bonchev–Trinajstić information content (AvgIpc) is 3.64. The van der Waals surface area contributed by atoms with Crippen molar-refractivity contribution in [3.63, 3.8) is 0 Å². The first-order valence-corrected chi connectivity index (χ1v) is 13.2. The highest BCUT2D eigenvalue weighted by Crippen LogP contribution is 2.48. The van der Waals surface area contributed by atoms with Gasteiger partial charge in [0, 0.05) is 0 Å². The van der Waals surface area contributed by atoms with E-state index in [0.717, 1.165) is 81.9 Å². The summed E-state index contributed by atoms with van der Waals surface area (Å²) in [6.45, 7) is 2.10. The second-order valence-electron chi connectivity index (χ2n) is 10.5. The Labute approximate surface area is 203 Å². The van der Waals surface area contributed by atoms with Crippen molar-refractivity contribution >= 4 is 11.9 Å². The normalized spacial score (nSPS) is 26.3. The van der Waals surface area contributed by atoms with Crippen LogP contribution in [0.5, 0.6) is 5.75 Å². The third kappa shape index (κ3) is 6.12. The molecule has 1 N–H and O–H groups in total. The van der Waals surface area contributed by atoms with Gasteiger partial charge in [-0.1, -0.05) is 31.9 Å². The number of hydrogen-bond acceptors (Lipinski definition) is 6. The quantitative estimate of drug-likeness (QED) is 0.353. The molecule has 6 nitrogen and oxygen atoms in total. The summed E-state index contributed by atoms with van der Waals surface area (Å²) in [5, 5.41) is 11.0. The number of methoxy groups -OCH3 is 1. The number of esters is 2. The van der Waals surface area contributed by atoms with E-state index >= 15 is 0 Å². The number of aliphatic hydroxyl groups is 1. The fourth-order valence-corrected chi connectivity index (χ4v) is 5.98. The van der Waals surface area contributed by atoms with Gasteiger partial charge in [0.1, 0.15) is 11.9 Å². The lowest BCUT2D eigenvalue weighted by atomic mass is 9.73. The lowest BCUT2D eigenvalue weighted by Crippen LogP contribution is -2.29. The molecule has 0 unspecified atom stereocenters. The molecular formula is C28H40O6. The Hall–Kier alpha value is -2.08. The van der Waals surface area contributed by atoms with Crippen LogP contribution >= 0.6 is 0 Å². The van der Waals surface area contributed by atoms with E-state index in [1.165, 1.54) is 12.7 Å². The molecule has 2 fully saturated rings. The summed E-state index contributed by atoms with van der Waals surface area (Å²) < 4.78 is 16.4. The lowest BCUT2D eigenvalue weighted by molar-refractivity contribution is -0.151. The molecule has 3 aliphatic rings. The number of carbonyl (C=O) groups excluding carboxylic acids is 2. The molecule has 0 amide bonds. The van der Waals surface area contributed by atoms with Crippen molar-refractivity contribution in [2.24, 2.45) is 23.7 Å². The number of carbonyl (C=O) groups is 2. The first-order valence-electron chi connectivity index (χ1n) is 13.2. The van der Waals surface area contributed by atoms with Crippen LogP contribution in [0.2, 0.25) is 0 Å². The van der Waals surface area contributed by atoms with E-state index in [-0.39, 0.29) is 36.6 Å². The van der Waals surface area contributed by atoms with E-state index in [9.17, 15) is 14.7 Å². The van der Waals surface area contributed by atoms with E-state index in [1.54, 1.807) is 0 Å². The van der Waals surface area contributed by atoms with Crippen LogP contribution in [0.25, 0.3) is 0 Å². The molecule has 6 heteroatoms. The van der Waals surface area contributed by atoms with E-state index in [0.29, 0.717) is 11.8 Å². The number of aliphatic hydroxyl groups excluding tert-OH is 1. The molecule has 0 aromatic heterocycles. The summed E-state index contributed by atoms with van der Waals surface area (Å²) >= 11 is 0. The molecule has 2 saturated carbocycles. The summed E-state index contributed by atoms with van der Waals surface area (Å²) in [4.78, 5) is 23.8. The van der Waals surface area contributed by atoms with E-state index in [1.807, 2.05) is 12.1 Å². The van der Waals surface area contributed by atoms with Crippen LogP contribution in [0.4, 0.5) is 0 Å². The van der Waals surface area contributed by atoms with E-state index < -0.39 is 5.97 Å². The molecule has 34 heavy (non-hydrogen) atoms. The van der Waals surface area contributed by atoms with Gasteiger partial charge in [0.15, 0.2) is 6.61 Å². The summed E-state index contributed by atoms with van der Waals surface area (Å²) in [7, 11) is 1.36. The molecule has 3 aliphatic carbocycles. The molecular weight excluding hydrogens is 432 g/mol. The Kier molecular flexibility index (Phi) is 8.51. The molecule has 0 bridgehead atoms. The van der Waals surface area contributed by atoms with Gasteiger partial charge in [-0.15, -0.1) is 0 Å². The zero-order valence-electron chi connectivity index (χ0n) is 20.7. The van der Waals surface area contributed by atoms with Crippen molar-refractivity contribution in [2.45, 2.75) is 89.8 Å². The number of ether oxygens (including phenoxy) is 3. The molecule has 4 rings (SSSR count). The SMILES string of the molecule is CCCCC[C@@H](CC[C@@H]1[C@H]2Cc3cccc(OCC(=O)OC)c3C[C@H]2C[C@H]1O)OC(=O)C1CC1. The third-order valence-corrected chi connectivity index (χ3v) is 8.06. The van der Waals surface area contributed by atoms with Gasteiger partial charge in [0.2, 0.25) is 0 Å². The highest BCUT2D eigenvalue weighted by molar-refractivity contribution is 5.75. The monoisotopic (exact) mass is 472 g/mol. The summed E-state index contributed by atoms with van der Waals surface area (Å²) in [6.07, 6.45) is 10.2. The summed E-state index contributed by atoms with van der Waals surface area (Å²) in [5.41, 5.74) is 2.42. The van der Waals surface area contributed by atoms with Crippen LogP contribution in [0.3, 0.4) is 0 Å². The molecule has 0 saturated heterocycles. The molecule has 0 aliphatic heterocycles. The smallest absolute Gasteiger partial charge is 0.343 e. The molecule has 1 aromatic carbocycles. The number of rotatable bonds is 12. The first-order chi connectivity index (χ1) is 16.5. The number of unbranched alkanes of at least 4 members (excludes halogenated alkanes) is 2. The fraction of sp³-hybridized carbons (Fsp3) is 0.714. The molecule has 5 atom stereocenters. The summed E-state index contributed by atoms with van der Waals surface area (Å²) in [5.74, 6) is 1.53. The van der Waals surface area contributed by atoms with Gasteiger partial charge in [-0.25, -0.2) is 4.79 Å². The van der Waals surface area contributed by atoms with Crippen molar-refractivity contribution in [1.82, 2.24) is 0 Å². The standard InChI is InChI=1S/C28H40O6/c1-3-4-5-8-21(34-28(31)18-10-11-18)12-13-22-23-14-19-7-6-9-26(33-17-27(30)32-2)24(19)15-20(23)16-25(22)29/h6-7,9,18,20-23,25,29H,3-5,8,10-17H2,1-2H3/t20-,21-,22+,23-,25+/m0/s1. The zero-order valence-corrected chi connectivity index (χ0v) is 20.7. The van der Waals surface area contributed by atoms with E-state index in [4.69, 9.17) is 14.2 Å². The molecule has 0 heterocycles. The van der Waals surface area contributed by atoms with Gasteiger partial charge in [-0.05, 0) is 92.7 Å². The molecule has 0 spiro atoms. The maximum absolute atomic E-state index is 12.3. The average molecular weight is 473 g/mol. The van der Waals surface area contributed by atoms with Gasteiger partial charge in [-0.2, -0.15) is 0 Å². The van der Waals surface area contributed by atoms with Gasteiger partial charge >= 0.3 is 11.9 Å². The topological polar surface area (TPSA) is 82.1 Å². The van der Waals surface area contributed by atoms with E-state index in [2.05, 4.69) is 13.0 Å². The molecule has 0 radical (unpaired) electrons. The van der Waals surface area contributed by atoms with Gasteiger partial charge in [-0.3, -0.25) is 4.79 Å². The second kappa shape index (κ2) is 11.6. The Morgan fingerprint density at radius 2 is 1.97 bits per heavy atom. The molecule has 188 valence electrons. The van der Waals surface area contributed by atoms with Crippen LogP contribution in [0.15, 0.2) is 18.2 Å². The largest absolute Gasteiger partial charge is 0.482 e. The third-order valence-electron chi connectivity index (χ3n) is 8.06. The number of hydrogen-bond donors (Lipinski definition) is 1. The van der Waals surface area contributed by atoms with Crippen LogP contribution < -0.4 is 4.74 Å². The first kappa shape index (κ1) is 25.0. The predicted octanol–water partition coefficient (Wildman–Crippen LogP) is 4.63. The minimum Gasteiger partial charge on any atom is -0.482 e. The Balaban J connectivity index is 1.38. The van der Waals surface area contributed by atoms with Crippen molar-refractivity contribution in [3.8, 4) is 5.75 Å². The van der Waals surface area contributed by atoms with Gasteiger partial charge in [0.25, 0.3) is 0 Å². The fourth-order valence-electron chi connectivity index (χ4n) is 5.98. The minimum absolute atomic E-state index is 0.0163. The Morgan fingerprint density at radius 3 is 2.71 bits per heavy atom. The minimum atomic E-state index is -0.390. The maximum Gasteiger partial charge on any atom is 0.343 e. The van der Waals surface area contributed by atoms with Gasteiger partial charge < -0.3 is 19.3 Å². The number of fused-ring (bicyclic) bond motifs is 2. The Bertz CT molecular complexity index is 847. The lowest BCUT2D eigenvalue weighted by Gasteiger charge is -2.32. The van der Waals surface area contributed by atoms with Gasteiger partial charge in [0.05, 0.1) is 19.1 Å². The zero-order chi connectivity index (χ0) is 24.1. The van der Waals surface area contributed by atoms with Crippen molar-refractivity contribution < 1.29 is 28.9 Å². The van der Waals surface area contributed by atoms with Crippen LogP contribution in [-0.4, -0.2) is 43.0 Å². The van der Waals surface area contributed by atoms with Crippen molar-refractivity contribution in [2.75, 3.05) is 13.7 Å². The number of benzene rings is 1. The van der Waals surface area contributed by atoms with Crippen molar-refractivity contribution in [1.29, 1.82) is 0 Å². The predicted molar refractivity (Wildman–Crippen MR) is 128 cm³/mol. The maximum atomic E-state index is 12.3. The molecule has 1 aromatic rings. The summed E-state index contributed by atoms with van der Waals surface area (Å²) in [6, 6.07) is 6.04. The van der Waals surface area contributed by atoms with Crippen molar-refractivity contribution in [3.05, 3.63) is 29.3 Å².